The van der Waals surface area contributed by atoms with E-state index in [-0.39, 0.29) is 12.5 Å². The van der Waals surface area contributed by atoms with Gasteiger partial charge < -0.3 is 25.7 Å². The van der Waals surface area contributed by atoms with Gasteiger partial charge in [-0.25, -0.2) is 9.59 Å². The van der Waals surface area contributed by atoms with Crippen molar-refractivity contribution in [3.63, 3.8) is 0 Å². The first kappa shape index (κ1) is 12.2. The fourth-order valence-corrected chi connectivity index (χ4v) is 1.24. The van der Waals surface area contributed by atoms with E-state index < -0.39 is 24.6 Å². The number of carbonyl (C=O) groups is 3. The van der Waals surface area contributed by atoms with Gasteiger partial charge in [0.25, 0.3) is 0 Å². The molecule has 0 aromatic carbocycles. The maximum atomic E-state index is 11.5. The van der Waals surface area contributed by atoms with Crippen LogP contribution in [-0.4, -0.2) is 65.3 Å². The van der Waals surface area contributed by atoms with Crippen molar-refractivity contribution in [2.75, 3.05) is 26.2 Å². The van der Waals surface area contributed by atoms with Crippen molar-refractivity contribution in [2.24, 2.45) is 0 Å². The van der Waals surface area contributed by atoms with Gasteiger partial charge in [-0.1, -0.05) is 0 Å². The summed E-state index contributed by atoms with van der Waals surface area (Å²) < 4.78 is 0. The third-order valence-corrected chi connectivity index (χ3v) is 2.10. The molecule has 0 bridgehead atoms. The van der Waals surface area contributed by atoms with Crippen molar-refractivity contribution in [1.82, 2.24) is 15.5 Å². The summed E-state index contributed by atoms with van der Waals surface area (Å²) in [6.07, 6.45) is 0. The molecule has 1 atom stereocenters. The van der Waals surface area contributed by atoms with E-state index in [0.29, 0.717) is 13.1 Å². The molecule has 4 N–H and O–H groups in total. The highest BCUT2D eigenvalue weighted by Gasteiger charge is 2.25. The number of carbonyl (C=O) groups excluding carboxylic acids is 2. The van der Waals surface area contributed by atoms with E-state index in [0.717, 1.165) is 0 Å². The molecule has 1 fully saturated rings. The van der Waals surface area contributed by atoms with Gasteiger partial charge in [0, 0.05) is 13.1 Å². The highest BCUT2D eigenvalue weighted by molar-refractivity contribution is 5.87. The van der Waals surface area contributed by atoms with Crippen LogP contribution >= 0.6 is 0 Å². The molecule has 3 amide bonds. The van der Waals surface area contributed by atoms with Crippen LogP contribution in [0.25, 0.3) is 0 Å². The van der Waals surface area contributed by atoms with Crippen LogP contribution in [0, 0.1) is 0 Å². The number of hydrogen-bond acceptors (Lipinski definition) is 4. The zero-order valence-corrected chi connectivity index (χ0v) is 8.47. The van der Waals surface area contributed by atoms with Crippen LogP contribution in [0.15, 0.2) is 0 Å². The maximum Gasteiger partial charge on any atom is 0.328 e. The summed E-state index contributed by atoms with van der Waals surface area (Å²) >= 11 is 0. The number of urea groups is 1. The predicted octanol–water partition coefficient (Wildman–Crippen LogP) is -2.43. The van der Waals surface area contributed by atoms with Crippen molar-refractivity contribution in [1.29, 1.82) is 0 Å². The summed E-state index contributed by atoms with van der Waals surface area (Å²) in [6.45, 7) is -0.150. The molecule has 16 heavy (non-hydrogen) atoms. The summed E-state index contributed by atoms with van der Waals surface area (Å²) in [7, 11) is 0. The van der Waals surface area contributed by atoms with Gasteiger partial charge in [-0.2, -0.15) is 0 Å². The van der Waals surface area contributed by atoms with Crippen LogP contribution in [0.1, 0.15) is 0 Å². The lowest BCUT2D eigenvalue weighted by molar-refractivity contribution is -0.140. The molecular weight excluding hydrogens is 218 g/mol. The molecule has 1 heterocycles. The second kappa shape index (κ2) is 5.31. The molecule has 0 aromatic heterocycles. The number of nitrogens with zero attached hydrogens (tertiary/aromatic N) is 1. The Balaban J connectivity index is 2.50. The lowest BCUT2D eigenvalue weighted by Gasteiger charge is -2.27. The number of piperazine rings is 1. The summed E-state index contributed by atoms with van der Waals surface area (Å²) in [6, 6.07) is -2.02. The van der Waals surface area contributed by atoms with Crippen molar-refractivity contribution in [2.45, 2.75) is 6.04 Å². The Hall–Kier alpha value is -1.83. The van der Waals surface area contributed by atoms with Gasteiger partial charge in [-0.15, -0.1) is 0 Å². The number of hydrogen-bond donors (Lipinski definition) is 4. The number of nitrogens with one attached hydrogen (secondary N) is 2. The number of aliphatic hydroxyl groups is 1. The van der Waals surface area contributed by atoms with Crippen LogP contribution in [0.2, 0.25) is 0 Å². The molecular formula is C8H13N3O5. The lowest BCUT2D eigenvalue weighted by Crippen LogP contribution is -2.56. The Morgan fingerprint density at radius 3 is 2.75 bits per heavy atom. The molecule has 0 radical (unpaired) electrons. The van der Waals surface area contributed by atoms with Gasteiger partial charge in [0.1, 0.15) is 6.54 Å². The van der Waals surface area contributed by atoms with Crippen molar-refractivity contribution < 1.29 is 24.6 Å². The van der Waals surface area contributed by atoms with E-state index >= 15 is 0 Å². The zero-order chi connectivity index (χ0) is 12.1. The largest absolute Gasteiger partial charge is 0.480 e. The Labute approximate surface area is 91.2 Å². The van der Waals surface area contributed by atoms with Gasteiger partial charge >= 0.3 is 12.0 Å². The van der Waals surface area contributed by atoms with Crippen molar-refractivity contribution >= 4 is 17.9 Å². The zero-order valence-electron chi connectivity index (χ0n) is 8.47. The fraction of sp³-hybridized carbons (Fsp3) is 0.625. The maximum absolute atomic E-state index is 11.5. The van der Waals surface area contributed by atoms with Crippen molar-refractivity contribution in [3.8, 4) is 0 Å². The molecule has 1 aliphatic heterocycles. The second-order valence-corrected chi connectivity index (χ2v) is 3.29. The Morgan fingerprint density at radius 2 is 2.25 bits per heavy atom. The molecule has 90 valence electrons. The Morgan fingerprint density at radius 1 is 1.56 bits per heavy atom. The molecule has 1 aliphatic rings. The Bertz CT molecular complexity index is 306. The minimum absolute atomic E-state index is 0.108. The number of rotatable bonds is 3. The third-order valence-electron chi connectivity index (χ3n) is 2.10. The quantitative estimate of drug-likeness (QED) is 0.430. The lowest BCUT2D eigenvalue weighted by atomic mass is 10.3. The molecule has 1 unspecified atom stereocenters. The van der Waals surface area contributed by atoms with E-state index in [1.165, 1.54) is 4.90 Å². The van der Waals surface area contributed by atoms with E-state index in [9.17, 15) is 14.4 Å². The first-order valence-corrected chi connectivity index (χ1v) is 4.70. The van der Waals surface area contributed by atoms with Crippen LogP contribution < -0.4 is 10.6 Å². The monoisotopic (exact) mass is 231 g/mol. The molecule has 0 spiro atoms. The SMILES string of the molecule is O=C1CN(C(=O)NC(CO)C(=O)O)CCN1. The summed E-state index contributed by atoms with van der Waals surface area (Å²) in [5.41, 5.74) is 0. The van der Waals surface area contributed by atoms with Gasteiger partial charge in [0.15, 0.2) is 6.04 Å². The van der Waals surface area contributed by atoms with Crippen LogP contribution in [0.4, 0.5) is 4.79 Å². The number of amides is 3. The van der Waals surface area contributed by atoms with Gasteiger partial charge in [0.05, 0.1) is 6.61 Å². The minimum atomic E-state index is -1.35. The summed E-state index contributed by atoms with van der Waals surface area (Å²) in [4.78, 5) is 34.2. The Kier molecular flexibility index (Phi) is 4.06. The fourth-order valence-electron chi connectivity index (χ4n) is 1.24. The highest BCUT2D eigenvalue weighted by Crippen LogP contribution is 1.95. The van der Waals surface area contributed by atoms with Gasteiger partial charge in [-0.05, 0) is 0 Å². The first-order chi connectivity index (χ1) is 7.54. The van der Waals surface area contributed by atoms with Gasteiger partial charge in [-0.3, -0.25) is 4.79 Å². The average molecular weight is 231 g/mol. The normalized spacial score (nSPS) is 17.6. The van der Waals surface area contributed by atoms with E-state index in [4.69, 9.17) is 10.2 Å². The third kappa shape index (κ3) is 3.09. The molecule has 0 aromatic rings. The van der Waals surface area contributed by atoms with Crippen molar-refractivity contribution in [3.05, 3.63) is 0 Å². The van der Waals surface area contributed by atoms with E-state index in [1.807, 2.05) is 0 Å². The second-order valence-electron chi connectivity index (χ2n) is 3.29. The van der Waals surface area contributed by atoms with Crippen LogP contribution in [0.5, 0.6) is 0 Å². The highest BCUT2D eigenvalue weighted by atomic mass is 16.4. The topological polar surface area (TPSA) is 119 Å². The standard InChI is InChI=1S/C8H13N3O5/c12-4-5(7(14)15)10-8(16)11-2-1-9-6(13)3-11/h5,12H,1-4H2,(H,9,13)(H,10,16)(H,14,15). The minimum Gasteiger partial charge on any atom is -0.480 e. The van der Waals surface area contributed by atoms with E-state index in [2.05, 4.69) is 10.6 Å². The average Bonchev–Trinajstić information content (AvgIpc) is 2.25. The number of carboxylic acids is 1. The smallest absolute Gasteiger partial charge is 0.328 e. The molecule has 1 rings (SSSR count). The molecule has 8 heteroatoms. The molecule has 1 saturated heterocycles. The number of aliphatic carboxylic acids is 1. The summed E-state index contributed by atoms with van der Waals surface area (Å²) in [5, 5.41) is 21.9. The van der Waals surface area contributed by atoms with Crippen LogP contribution in [0.3, 0.4) is 0 Å². The number of carboxylic acid groups (broad SMARTS) is 1. The predicted molar refractivity (Wildman–Crippen MR) is 51.6 cm³/mol. The summed E-state index contributed by atoms with van der Waals surface area (Å²) in [5.74, 6) is -1.62. The molecule has 0 saturated carbocycles. The first-order valence-electron chi connectivity index (χ1n) is 4.70. The number of aliphatic hydroxyl groups excluding tert-OH is 1. The molecule has 0 aliphatic carbocycles. The van der Waals surface area contributed by atoms with Gasteiger partial charge in [0.2, 0.25) is 5.91 Å². The van der Waals surface area contributed by atoms with E-state index in [1.54, 1.807) is 0 Å². The van der Waals surface area contributed by atoms with Crippen LogP contribution in [-0.2, 0) is 9.59 Å². The molecule has 8 nitrogen and oxygen atoms in total.